The second kappa shape index (κ2) is 11.4. The fourth-order valence-electron chi connectivity index (χ4n) is 2.20. The summed E-state index contributed by atoms with van der Waals surface area (Å²) in [6.45, 7) is 3.17. The summed E-state index contributed by atoms with van der Waals surface area (Å²) in [6, 6.07) is 7.78. The molecule has 3 nitrogen and oxygen atoms in total. The number of hydrogen-bond acceptors (Lipinski definition) is 2. The van der Waals surface area contributed by atoms with Crippen molar-refractivity contribution in [2.24, 2.45) is 0 Å². The molecule has 0 fully saturated rings. The molecule has 0 aromatic heterocycles. The van der Waals surface area contributed by atoms with E-state index in [1.807, 2.05) is 24.3 Å². The van der Waals surface area contributed by atoms with E-state index < -0.39 is 0 Å². The fourth-order valence-corrected chi connectivity index (χ4v) is 2.41. The maximum atomic E-state index is 5.30. The van der Waals surface area contributed by atoms with Crippen molar-refractivity contribution in [3.8, 4) is 5.75 Å². The van der Waals surface area contributed by atoms with Crippen molar-refractivity contribution in [3.05, 3.63) is 24.3 Å². The van der Waals surface area contributed by atoms with Gasteiger partial charge in [-0.2, -0.15) is 0 Å². The Bertz CT molecular complexity index is 410. The van der Waals surface area contributed by atoms with Crippen molar-refractivity contribution in [2.75, 3.05) is 19.0 Å². The largest absolute Gasteiger partial charge is 0.495 e. The van der Waals surface area contributed by atoms with E-state index in [0.29, 0.717) is 5.11 Å². The summed E-state index contributed by atoms with van der Waals surface area (Å²) < 4.78 is 5.29. The number of methoxy groups -OCH3 is 1. The quantitative estimate of drug-likeness (QED) is 0.483. The van der Waals surface area contributed by atoms with Crippen LogP contribution < -0.4 is 15.4 Å². The predicted octanol–water partition coefficient (Wildman–Crippen LogP) is 4.73. The molecule has 0 radical (unpaired) electrons. The lowest BCUT2D eigenvalue weighted by Gasteiger charge is -2.13. The lowest BCUT2D eigenvalue weighted by Crippen LogP contribution is -2.29. The molecule has 1 aromatic carbocycles. The number of anilines is 1. The molecule has 0 unspecified atom stereocenters. The van der Waals surface area contributed by atoms with Crippen molar-refractivity contribution in [1.82, 2.24) is 5.32 Å². The Morgan fingerprint density at radius 3 is 2.43 bits per heavy atom. The number of rotatable bonds is 10. The first-order valence-corrected chi connectivity index (χ1v) is 8.36. The maximum absolute atomic E-state index is 5.30. The van der Waals surface area contributed by atoms with Gasteiger partial charge in [-0.25, -0.2) is 0 Å². The highest BCUT2D eigenvalue weighted by molar-refractivity contribution is 7.80. The van der Waals surface area contributed by atoms with Crippen molar-refractivity contribution in [1.29, 1.82) is 0 Å². The van der Waals surface area contributed by atoms with Crippen molar-refractivity contribution in [3.63, 3.8) is 0 Å². The van der Waals surface area contributed by atoms with Gasteiger partial charge < -0.3 is 15.4 Å². The van der Waals surface area contributed by atoms with Crippen LogP contribution in [0.25, 0.3) is 0 Å². The third-order valence-corrected chi connectivity index (χ3v) is 3.67. The van der Waals surface area contributed by atoms with Crippen LogP contribution in [-0.2, 0) is 0 Å². The van der Waals surface area contributed by atoms with Gasteiger partial charge in [0.2, 0.25) is 0 Å². The second-order valence-electron chi connectivity index (χ2n) is 5.20. The minimum atomic E-state index is 0.658. The maximum Gasteiger partial charge on any atom is 0.170 e. The van der Waals surface area contributed by atoms with Gasteiger partial charge in [0, 0.05) is 6.54 Å². The van der Waals surface area contributed by atoms with Crippen LogP contribution in [0.3, 0.4) is 0 Å². The average Bonchev–Trinajstić information content (AvgIpc) is 2.50. The number of ether oxygens (including phenoxy) is 1. The Balaban J connectivity index is 2.11. The predicted molar refractivity (Wildman–Crippen MR) is 95.2 cm³/mol. The molecule has 0 atom stereocenters. The van der Waals surface area contributed by atoms with Crippen LogP contribution in [0.4, 0.5) is 5.69 Å². The molecule has 0 bridgehead atoms. The van der Waals surface area contributed by atoms with Crippen LogP contribution in [0.1, 0.15) is 51.9 Å². The average molecular weight is 308 g/mol. The van der Waals surface area contributed by atoms with E-state index in [1.165, 1.54) is 44.9 Å². The van der Waals surface area contributed by atoms with Crippen molar-refractivity contribution >= 4 is 23.0 Å². The Hall–Kier alpha value is -1.29. The van der Waals surface area contributed by atoms with Crippen LogP contribution in [0.5, 0.6) is 5.75 Å². The Kier molecular flexibility index (Phi) is 9.62. The van der Waals surface area contributed by atoms with E-state index in [9.17, 15) is 0 Å². The smallest absolute Gasteiger partial charge is 0.170 e. The van der Waals surface area contributed by atoms with E-state index in [-0.39, 0.29) is 0 Å². The van der Waals surface area contributed by atoms with Gasteiger partial charge in [0.15, 0.2) is 5.11 Å². The lowest BCUT2D eigenvalue weighted by atomic mass is 10.1. The highest BCUT2D eigenvalue weighted by Crippen LogP contribution is 2.22. The molecular weight excluding hydrogens is 280 g/mol. The molecule has 0 heterocycles. The van der Waals surface area contributed by atoms with Crippen molar-refractivity contribution < 1.29 is 4.74 Å². The van der Waals surface area contributed by atoms with Gasteiger partial charge >= 0.3 is 0 Å². The van der Waals surface area contributed by atoms with Crippen LogP contribution in [0.15, 0.2) is 24.3 Å². The molecule has 0 saturated carbocycles. The van der Waals surface area contributed by atoms with Crippen LogP contribution in [0.2, 0.25) is 0 Å². The highest BCUT2D eigenvalue weighted by atomic mass is 32.1. The molecule has 2 N–H and O–H groups in total. The molecule has 4 heteroatoms. The van der Waals surface area contributed by atoms with E-state index in [0.717, 1.165) is 18.0 Å². The summed E-state index contributed by atoms with van der Waals surface area (Å²) in [6.07, 6.45) is 9.17. The Morgan fingerprint density at radius 1 is 1.05 bits per heavy atom. The first-order chi connectivity index (χ1) is 10.3. The van der Waals surface area contributed by atoms with E-state index >= 15 is 0 Å². The third kappa shape index (κ3) is 7.90. The summed E-state index contributed by atoms with van der Waals surface area (Å²) in [5.74, 6) is 0.803. The Labute approximate surface area is 134 Å². The summed E-state index contributed by atoms with van der Waals surface area (Å²) in [7, 11) is 1.66. The molecule has 0 aliphatic carbocycles. The SMILES string of the molecule is CCCCCCCCCNC(=S)Nc1ccccc1OC. The van der Waals surface area contributed by atoms with E-state index in [1.54, 1.807) is 7.11 Å². The number of benzene rings is 1. The third-order valence-electron chi connectivity index (χ3n) is 3.42. The van der Waals surface area contributed by atoms with Gasteiger partial charge in [0.25, 0.3) is 0 Å². The number of unbranched alkanes of at least 4 members (excludes halogenated alkanes) is 6. The zero-order valence-corrected chi connectivity index (χ0v) is 14.1. The first kappa shape index (κ1) is 17.8. The van der Waals surface area contributed by atoms with Crippen LogP contribution >= 0.6 is 12.2 Å². The topological polar surface area (TPSA) is 33.3 Å². The first-order valence-electron chi connectivity index (χ1n) is 7.95. The minimum absolute atomic E-state index is 0.658. The van der Waals surface area contributed by atoms with Gasteiger partial charge in [-0.1, -0.05) is 57.6 Å². The number of thiocarbonyl (C=S) groups is 1. The molecule has 118 valence electrons. The van der Waals surface area contributed by atoms with E-state index in [2.05, 4.69) is 17.6 Å². The summed E-state index contributed by atoms with van der Waals surface area (Å²) in [5.41, 5.74) is 0.900. The lowest BCUT2D eigenvalue weighted by molar-refractivity contribution is 0.417. The van der Waals surface area contributed by atoms with Gasteiger partial charge in [0.05, 0.1) is 12.8 Å². The van der Waals surface area contributed by atoms with Gasteiger partial charge in [-0.3, -0.25) is 0 Å². The second-order valence-corrected chi connectivity index (χ2v) is 5.61. The molecule has 0 aliphatic rings. The molecule has 0 amide bonds. The summed E-state index contributed by atoms with van der Waals surface area (Å²) in [4.78, 5) is 0. The molecule has 21 heavy (non-hydrogen) atoms. The molecule has 0 saturated heterocycles. The molecule has 1 rings (SSSR count). The van der Waals surface area contributed by atoms with Gasteiger partial charge in [-0.15, -0.1) is 0 Å². The number of hydrogen-bond donors (Lipinski definition) is 2. The number of para-hydroxylation sites is 2. The van der Waals surface area contributed by atoms with Crippen LogP contribution in [0, 0.1) is 0 Å². The van der Waals surface area contributed by atoms with Crippen LogP contribution in [-0.4, -0.2) is 18.8 Å². The monoisotopic (exact) mass is 308 g/mol. The zero-order chi connectivity index (χ0) is 15.3. The van der Waals surface area contributed by atoms with E-state index in [4.69, 9.17) is 17.0 Å². The normalized spacial score (nSPS) is 10.2. The molecule has 0 spiro atoms. The molecular formula is C17H28N2OS. The minimum Gasteiger partial charge on any atom is -0.495 e. The zero-order valence-electron chi connectivity index (χ0n) is 13.3. The van der Waals surface area contributed by atoms with Gasteiger partial charge in [0.1, 0.15) is 5.75 Å². The summed E-state index contributed by atoms with van der Waals surface area (Å²) >= 11 is 5.30. The number of nitrogens with one attached hydrogen (secondary N) is 2. The Morgan fingerprint density at radius 2 is 1.71 bits per heavy atom. The summed E-state index contributed by atoms with van der Waals surface area (Å²) in [5, 5.41) is 7.08. The molecule has 1 aromatic rings. The van der Waals surface area contributed by atoms with Gasteiger partial charge in [-0.05, 0) is 30.8 Å². The molecule has 0 aliphatic heterocycles. The standard InChI is InChI=1S/C17H28N2OS/c1-3-4-5-6-7-8-11-14-18-17(21)19-15-12-9-10-13-16(15)20-2/h9-10,12-13H,3-8,11,14H2,1-2H3,(H2,18,19,21). The van der Waals surface area contributed by atoms with Crippen molar-refractivity contribution in [2.45, 2.75) is 51.9 Å². The highest BCUT2D eigenvalue weighted by Gasteiger charge is 2.02. The fraction of sp³-hybridized carbons (Fsp3) is 0.588.